The molecule has 0 aromatic heterocycles. The number of rotatable bonds is 5. The zero-order chi connectivity index (χ0) is 14.5. The Kier molecular flexibility index (Phi) is 5.66. The molecule has 1 aliphatic carbocycles. The molecule has 1 heterocycles. The Morgan fingerprint density at radius 3 is 2.60 bits per heavy atom. The third-order valence-electron chi connectivity index (χ3n) is 4.80. The topological polar surface area (TPSA) is 64.6 Å². The fourth-order valence-corrected chi connectivity index (χ4v) is 3.17. The summed E-state index contributed by atoms with van der Waals surface area (Å²) in [4.78, 5) is 14.4. The van der Waals surface area contributed by atoms with Crippen molar-refractivity contribution in [2.24, 2.45) is 5.92 Å². The van der Waals surface area contributed by atoms with Crippen molar-refractivity contribution in [1.82, 2.24) is 15.5 Å². The molecule has 0 aromatic rings. The minimum atomic E-state index is -0.194. The Bertz CT molecular complexity index is 320. The van der Waals surface area contributed by atoms with E-state index in [9.17, 15) is 4.79 Å². The van der Waals surface area contributed by atoms with Gasteiger partial charge >= 0.3 is 6.03 Å². The number of hydrogen-bond donors (Lipinski definition) is 3. The molecule has 3 atom stereocenters. The summed E-state index contributed by atoms with van der Waals surface area (Å²) in [5, 5.41) is 14.7. The van der Waals surface area contributed by atoms with Crippen LogP contribution in [0, 0.1) is 5.92 Å². The van der Waals surface area contributed by atoms with Crippen molar-refractivity contribution in [3.63, 3.8) is 0 Å². The van der Waals surface area contributed by atoms with Gasteiger partial charge in [0.05, 0.1) is 12.6 Å². The molecule has 5 nitrogen and oxygen atoms in total. The second kappa shape index (κ2) is 7.27. The monoisotopic (exact) mass is 283 g/mol. The minimum absolute atomic E-state index is 0.0271. The number of carbonyl (C=O) groups excluding carboxylic acids is 1. The third-order valence-corrected chi connectivity index (χ3v) is 4.80. The largest absolute Gasteiger partial charge is 0.394 e. The van der Waals surface area contributed by atoms with E-state index in [1.807, 2.05) is 0 Å². The highest BCUT2D eigenvalue weighted by atomic mass is 16.3. The Hall–Kier alpha value is -0.810. The van der Waals surface area contributed by atoms with Crippen LogP contribution in [0.3, 0.4) is 0 Å². The van der Waals surface area contributed by atoms with Crippen LogP contribution in [0.1, 0.15) is 46.0 Å². The van der Waals surface area contributed by atoms with E-state index in [0.29, 0.717) is 5.92 Å². The van der Waals surface area contributed by atoms with Crippen molar-refractivity contribution in [1.29, 1.82) is 0 Å². The highest BCUT2D eigenvalue weighted by Gasteiger charge is 2.31. The third kappa shape index (κ3) is 4.09. The standard InChI is InChI=1S/C15H29N3O2/c1-11(10-19)16-15(20)17-12(2)13-5-4-8-18(9-13)14-6-3-7-14/h11-14,19H,3-10H2,1-2H3,(H2,16,17,20)/t11-,12-,13-/m0/s1. The van der Waals surface area contributed by atoms with Gasteiger partial charge in [-0.05, 0) is 52.0 Å². The van der Waals surface area contributed by atoms with Gasteiger partial charge in [0.15, 0.2) is 0 Å². The molecule has 0 aromatic carbocycles. The van der Waals surface area contributed by atoms with Crippen LogP contribution >= 0.6 is 0 Å². The number of hydrogen-bond acceptors (Lipinski definition) is 3. The predicted molar refractivity (Wildman–Crippen MR) is 79.6 cm³/mol. The molecular weight excluding hydrogens is 254 g/mol. The van der Waals surface area contributed by atoms with E-state index < -0.39 is 0 Å². The first kappa shape index (κ1) is 15.6. The van der Waals surface area contributed by atoms with E-state index in [1.54, 1.807) is 6.92 Å². The van der Waals surface area contributed by atoms with E-state index in [1.165, 1.54) is 38.6 Å². The Labute approximate surface area is 122 Å². The number of urea groups is 1. The predicted octanol–water partition coefficient (Wildman–Crippen LogP) is 1.32. The molecule has 2 amide bonds. The lowest BCUT2D eigenvalue weighted by Gasteiger charge is -2.43. The van der Waals surface area contributed by atoms with Crippen molar-refractivity contribution >= 4 is 6.03 Å². The van der Waals surface area contributed by atoms with Crippen molar-refractivity contribution in [3.05, 3.63) is 0 Å². The number of carbonyl (C=O) groups is 1. The molecule has 0 bridgehead atoms. The first-order valence-corrected chi connectivity index (χ1v) is 8.02. The molecule has 3 N–H and O–H groups in total. The molecule has 2 fully saturated rings. The maximum atomic E-state index is 11.8. The molecular formula is C15H29N3O2. The summed E-state index contributed by atoms with van der Waals surface area (Å²) < 4.78 is 0. The summed E-state index contributed by atoms with van der Waals surface area (Å²) in [6, 6.07) is 0.622. The summed E-state index contributed by atoms with van der Waals surface area (Å²) in [5.41, 5.74) is 0. The molecule has 0 spiro atoms. The van der Waals surface area contributed by atoms with Gasteiger partial charge in [-0.25, -0.2) is 4.79 Å². The molecule has 1 saturated heterocycles. The van der Waals surface area contributed by atoms with E-state index in [2.05, 4.69) is 22.5 Å². The summed E-state index contributed by atoms with van der Waals surface area (Å²) in [6.45, 7) is 6.20. The average Bonchev–Trinajstić information content (AvgIpc) is 2.36. The molecule has 0 radical (unpaired) electrons. The highest BCUT2D eigenvalue weighted by molar-refractivity contribution is 5.74. The van der Waals surface area contributed by atoms with Crippen molar-refractivity contribution in [3.8, 4) is 0 Å². The molecule has 2 aliphatic rings. The van der Waals surface area contributed by atoms with Gasteiger partial charge in [0.25, 0.3) is 0 Å². The second-order valence-corrected chi connectivity index (χ2v) is 6.47. The first-order chi connectivity index (χ1) is 9.60. The van der Waals surface area contributed by atoms with Crippen LogP contribution in [-0.4, -0.2) is 53.9 Å². The number of nitrogens with one attached hydrogen (secondary N) is 2. The SMILES string of the molecule is C[C@H](NC(=O)N[C@@H](C)CO)[C@H]1CCCN(C2CCC2)C1. The van der Waals surface area contributed by atoms with E-state index in [0.717, 1.165) is 12.6 Å². The van der Waals surface area contributed by atoms with Crippen LogP contribution in [0.2, 0.25) is 0 Å². The van der Waals surface area contributed by atoms with Gasteiger partial charge in [-0.15, -0.1) is 0 Å². The summed E-state index contributed by atoms with van der Waals surface area (Å²) in [6.07, 6.45) is 6.51. The van der Waals surface area contributed by atoms with Gasteiger partial charge < -0.3 is 20.6 Å². The lowest BCUT2D eigenvalue weighted by atomic mass is 9.86. The quantitative estimate of drug-likeness (QED) is 0.713. The van der Waals surface area contributed by atoms with Crippen LogP contribution in [0.25, 0.3) is 0 Å². The Morgan fingerprint density at radius 1 is 1.25 bits per heavy atom. The molecule has 20 heavy (non-hydrogen) atoms. The smallest absolute Gasteiger partial charge is 0.315 e. The molecule has 0 unspecified atom stereocenters. The summed E-state index contributed by atoms with van der Waals surface area (Å²) in [7, 11) is 0. The van der Waals surface area contributed by atoms with Gasteiger partial charge in [0.2, 0.25) is 0 Å². The fourth-order valence-electron chi connectivity index (χ4n) is 3.17. The van der Waals surface area contributed by atoms with Crippen LogP contribution in [-0.2, 0) is 0 Å². The number of nitrogens with zero attached hydrogens (tertiary/aromatic N) is 1. The fraction of sp³-hybridized carbons (Fsp3) is 0.933. The first-order valence-electron chi connectivity index (χ1n) is 8.02. The minimum Gasteiger partial charge on any atom is -0.394 e. The normalized spacial score (nSPS) is 27.4. The second-order valence-electron chi connectivity index (χ2n) is 6.47. The zero-order valence-electron chi connectivity index (χ0n) is 12.8. The Balaban J connectivity index is 1.76. The zero-order valence-corrected chi connectivity index (χ0v) is 12.8. The lowest BCUT2D eigenvalue weighted by Crippen LogP contribution is -2.53. The number of amides is 2. The van der Waals surface area contributed by atoms with Crippen molar-refractivity contribution < 1.29 is 9.90 Å². The average molecular weight is 283 g/mol. The molecule has 116 valence electrons. The summed E-state index contributed by atoms with van der Waals surface area (Å²) >= 11 is 0. The number of likely N-dealkylation sites (tertiary alicyclic amines) is 1. The molecule has 1 saturated carbocycles. The maximum absolute atomic E-state index is 11.8. The lowest BCUT2D eigenvalue weighted by molar-refractivity contribution is 0.0677. The highest BCUT2D eigenvalue weighted by Crippen LogP contribution is 2.30. The van der Waals surface area contributed by atoms with E-state index in [4.69, 9.17) is 5.11 Å². The summed E-state index contributed by atoms with van der Waals surface area (Å²) in [5.74, 6) is 0.541. The van der Waals surface area contributed by atoms with Gasteiger partial charge in [-0.2, -0.15) is 0 Å². The van der Waals surface area contributed by atoms with Crippen molar-refractivity contribution in [2.75, 3.05) is 19.7 Å². The number of piperidine rings is 1. The maximum Gasteiger partial charge on any atom is 0.315 e. The number of aliphatic hydroxyl groups is 1. The van der Waals surface area contributed by atoms with Crippen molar-refractivity contribution in [2.45, 2.75) is 64.1 Å². The van der Waals surface area contributed by atoms with Crippen LogP contribution in [0.4, 0.5) is 4.79 Å². The van der Waals surface area contributed by atoms with Gasteiger partial charge in [-0.1, -0.05) is 6.42 Å². The van der Waals surface area contributed by atoms with Crippen LogP contribution < -0.4 is 10.6 Å². The number of aliphatic hydroxyl groups excluding tert-OH is 1. The Morgan fingerprint density at radius 2 is 2.00 bits per heavy atom. The molecule has 2 rings (SSSR count). The van der Waals surface area contributed by atoms with Crippen LogP contribution in [0.5, 0.6) is 0 Å². The molecule has 1 aliphatic heterocycles. The van der Waals surface area contributed by atoms with Gasteiger partial charge in [-0.3, -0.25) is 0 Å². The molecule has 5 heteroatoms. The van der Waals surface area contributed by atoms with E-state index >= 15 is 0 Å². The van der Waals surface area contributed by atoms with Gasteiger partial charge in [0.1, 0.15) is 0 Å². The van der Waals surface area contributed by atoms with Crippen LogP contribution in [0.15, 0.2) is 0 Å². The van der Waals surface area contributed by atoms with E-state index in [-0.39, 0.29) is 24.7 Å². The van der Waals surface area contributed by atoms with Gasteiger partial charge in [0, 0.05) is 18.6 Å².